The van der Waals surface area contributed by atoms with Gasteiger partial charge in [-0.1, -0.05) is 13.0 Å². The summed E-state index contributed by atoms with van der Waals surface area (Å²) in [6.07, 6.45) is 3.26. The monoisotopic (exact) mass is 361 g/mol. The SMILES string of the molecule is CCCN1C(=O)C2C(CCN2C(=O)C2CC2)N(Cc2cccs2)C1=O. The number of thiophene rings is 1. The third-order valence-electron chi connectivity index (χ3n) is 5.33. The predicted octanol–water partition coefficient (Wildman–Crippen LogP) is 2.30. The van der Waals surface area contributed by atoms with E-state index in [4.69, 9.17) is 0 Å². The fourth-order valence-electron chi connectivity index (χ4n) is 3.95. The average Bonchev–Trinajstić information content (AvgIpc) is 3.15. The fourth-order valence-corrected chi connectivity index (χ4v) is 4.65. The lowest BCUT2D eigenvalue weighted by molar-refractivity contribution is -0.147. The maximum atomic E-state index is 13.0. The summed E-state index contributed by atoms with van der Waals surface area (Å²) in [5, 5.41) is 1.99. The molecule has 0 N–H and O–H groups in total. The van der Waals surface area contributed by atoms with Gasteiger partial charge in [-0.2, -0.15) is 0 Å². The first-order chi connectivity index (χ1) is 12.1. The molecular weight excluding hydrogens is 338 g/mol. The number of hydrogen-bond acceptors (Lipinski definition) is 4. The van der Waals surface area contributed by atoms with Gasteiger partial charge in [0.05, 0.1) is 12.6 Å². The van der Waals surface area contributed by atoms with Crippen LogP contribution < -0.4 is 0 Å². The molecule has 3 fully saturated rings. The van der Waals surface area contributed by atoms with E-state index in [0.29, 0.717) is 26.1 Å². The lowest BCUT2D eigenvalue weighted by atomic mass is 10.0. The van der Waals surface area contributed by atoms with Gasteiger partial charge in [0.2, 0.25) is 5.91 Å². The number of fused-ring (bicyclic) bond motifs is 1. The predicted molar refractivity (Wildman–Crippen MR) is 93.9 cm³/mol. The first-order valence-electron chi connectivity index (χ1n) is 9.06. The lowest BCUT2D eigenvalue weighted by Gasteiger charge is -2.43. The van der Waals surface area contributed by atoms with Crippen molar-refractivity contribution in [3.63, 3.8) is 0 Å². The maximum Gasteiger partial charge on any atom is 0.327 e. The Balaban J connectivity index is 1.63. The summed E-state index contributed by atoms with van der Waals surface area (Å²) in [6, 6.07) is 3.08. The summed E-state index contributed by atoms with van der Waals surface area (Å²) in [5.74, 6) is 0.00282. The molecule has 7 heteroatoms. The minimum absolute atomic E-state index is 0.0922. The van der Waals surface area contributed by atoms with Crippen LogP contribution in [0.15, 0.2) is 17.5 Å². The van der Waals surface area contributed by atoms with Crippen LogP contribution >= 0.6 is 11.3 Å². The van der Waals surface area contributed by atoms with E-state index in [-0.39, 0.29) is 29.8 Å². The Morgan fingerprint density at radius 2 is 2.08 bits per heavy atom. The Hall–Kier alpha value is -1.89. The highest BCUT2D eigenvalue weighted by Gasteiger charge is 2.54. The number of likely N-dealkylation sites (tertiary alicyclic amines) is 1. The van der Waals surface area contributed by atoms with Gasteiger partial charge in [-0.3, -0.25) is 14.5 Å². The highest BCUT2D eigenvalue weighted by atomic mass is 32.1. The molecule has 2 aliphatic heterocycles. The second kappa shape index (κ2) is 6.44. The molecule has 0 aromatic carbocycles. The van der Waals surface area contributed by atoms with E-state index in [9.17, 15) is 14.4 Å². The summed E-state index contributed by atoms with van der Waals surface area (Å²) in [7, 11) is 0. The van der Waals surface area contributed by atoms with Gasteiger partial charge in [0.25, 0.3) is 5.91 Å². The maximum absolute atomic E-state index is 13.0. The molecule has 1 aromatic rings. The molecule has 2 atom stereocenters. The number of urea groups is 1. The van der Waals surface area contributed by atoms with Gasteiger partial charge in [-0.25, -0.2) is 4.79 Å². The van der Waals surface area contributed by atoms with Gasteiger partial charge < -0.3 is 9.80 Å². The zero-order chi connectivity index (χ0) is 17.6. The van der Waals surface area contributed by atoms with Crippen molar-refractivity contribution in [2.75, 3.05) is 13.1 Å². The zero-order valence-corrected chi connectivity index (χ0v) is 15.2. The molecule has 25 heavy (non-hydrogen) atoms. The molecule has 2 saturated heterocycles. The molecule has 1 aromatic heterocycles. The van der Waals surface area contributed by atoms with Crippen LogP contribution in [-0.4, -0.2) is 57.7 Å². The molecule has 134 valence electrons. The quantitative estimate of drug-likeness (QED) is 0.808. The van der Waals surface area contributed by atoms with Gasteiger partial charge in [0.15, 0.2) is 0 Å². The summed E-state index contributed by atoms with van der Waals surface area (Å²) >= 11 is 1.61. The second-order valence-electron chi connectivity index (χ2n) is 7.09. The normalized spacial score (nSPS) is 26.4. The van der Waals surface area contributed by atoms with Crippen molar-refractivity contribution in [2.45, 2.75) is 51.2 Å². The molecule has 1 saturated carbocycles. The fraction of sp³-hybridized carbons (Fsp3) is 0.611. The third kappa shape index (κ3) is 2.84. The Labute approximate surface area is 151 Å². The van der Waals surface area contributed by atoms with Crippen LogP contribution in [0.4, 0.5) is 4.79 Å². The number of rotatable bonds is 5. The summed E-state index contributed by atoms with van der Waals surface area (Å²) < 4.78 is 0. The van der Waals surface area contributed by atoms with Crippen LogP contribution in [0, 0.1) is 5.92 Å². The Kier molecular flexibility index (Phi) is 4.27. The summed E-state index contributed by atoms with van der Waals surface area (Å²) in [6.45, 7) is 3.45. The van der Waals surface area contributed by atoms with Gasteiger partial charge in [-0.05, 0) is 37.1 Å². The Morgan fingerprint density at radius 1 is 1.28 bits per heavy atom. The molecule has 4 rings (SSSR count). The van der Waals surface area contributed by atoms with E-state index >= 15 is 0 Å². The van der Waals surface area contributed by atoms with Gasteiger partial charge in [0.1, 0.15) is 6.04 Å². The number of nitrogens with zero attached hydrogens (tertiary/aromatic N) is 3. The molecule has 3 aliphatic rings. The minimum atomic E-state index is -0.502. The first-order valence-corrected chi connectivity index (χ1v) is 9.94. The molecular formula is C18H23N3O3S. The second-order valence-corrected chi connectivity index (χ2v) is 8.12. The van der Waals surface area contributed by atoms with Crippen LogP contribution in [0.25, 0.3) is 0 Å². The van der Waals surface area contributed by atoms with E-state index in [1.807, 2.05) is 29.3 Å². The van der Waals surface area contributed by atoms with Crippen LogP contribution in [0.1, 0.15) is 37.5 Å². The summed E-state index contributed by atoms with van der Waals surface area (Å²) in [5.41, 5.74) is 0. The number of amides is 4. The van der Waals surface area contributed by atoms with Crippen molar-refractivity contribution in [2.24, 2.45) is 5.92 Å². The van der Waals surface area contributed by atoms with Crippen molar-refractivity contribution in [1.82, 2.24) is 14.7 Å². The van der Waals surface area contributed by atoms with E-state index in [2.05, 4.69) is 0 Å². The van der Waals surface area contributed by atoms with Crippen molar-refractivity contribution in [3.05, 3.63) is 22.4 Å². The standard InChI is InChI=1S/C18H23N3O3S/c1-2-8-20-17(23)15-14(7-9-19(15)16(22)12-5-6-12)21(18(20)24)11-13-4-3-10-25-13/h3-4,10,12,14-15H,2,5-9,11H2,1H3. The van der Waals surface area contributed by atoms with Gasteiger partial charge in [-0.15, -0.1) is 11.3 Å². The lowest BCUT2D eigenvalue weighted by Crippen LogP contribution is -2.65. The number of carbonyl (C=O) groups excluding carboxylic acids is 3. The smallest absolute Gasteiger partial charge is 0.327 e. The number of carbonyl (C=O) groups is 3. The first kappa shape index (κ1) is 16.6. The third-order valence-corrected chi connectivity index (χ3v) is 6.19. The molecule has 0 radical (unpaired) electrons. The van der Waals surface area contributed by atoms with E-state index in [1.54, 1.807) is 16.2 Å². The van der Waals surface area contributed by atoms with Crippen LogP contribution in [0.5, 0.6) is 0 Å². The molecule has 4 amide bonds. The zero-order valence-electron chi connectivity index (χ0n) is 14.4. The van der Waals surface area contributed by atoms with Gasteiger partial charge >= 0.3 is 6.03 Å². The van der Waals surface area contributed by atoms with E-state index < -0.39 is 6.04 Å². The Morgan fingerprint density at radius 3 is 2.72 bits per heavy atom. The van der Waals surface area contributed by atoms with Crippen molar-refractivity contribution >= 4 is 29.2 Å². The van der Waals surface area contributed by atoms with Gasteiger partial charge in [0, 0.05) is 23.9 Å². The van der Waals surface area contributed by atoms with Crippen molar-refractivity contribution < 1.29 is 14.4 Å². The van der Waals surface area contributed by atoms with Crippen molar-refractivity contribution in [1.29, 1.82) is 0 Å². The molecule has 0 spiro atoms. The molecule has 2 unspecified atom stereocenters. The highest BCUT2D eigenvalue weighted by Crippen LogP contribution is 2.37. The topological polar surface area (TPSA) is 60.9 Å². The largest absolute Gasteiger partial charge is 0.328 e. The van der Waals surface area contributed by atoms with Crippen molar-refractivity contribution in [3.8, 4) is 0 Å². The van der Waals surface area contributed by atoms with Crippen LogP contribution in [0.2, 0.25) is 0 Å². The minimum Gasteiger partial charge on any atom is -0.328 e. The Bertz CT molecular complexity index is 686. The summed E-state index contributed by atoms with van der Waals surface area (Å²) in [4.78, 5) is 44.6. The van der Waals surface area contributed by atoms with Crippen LogP contribution in [-0.2, 0) is 16.1 Å². The average molecular weight is 361 g/mol. The van der Waals surface area contributed by atoms with E-state index in [0.717, 1.165) is 24.1 Å². The molecule has 1 aliphatic carbocycles. The molecule has 6 nitrogen and oxygen atoms in total. The van der Waals surface area contributed by atoms with Crippen LogP contribution in [0.3, 0.4) is 0 Å². The van der Waals surface area contributed by atoms with E-state index in [1.165, 1.54) is 4.90 Å². The number of imide groups is 1. The molecule has 0 bridgehead atoms. The molecule has 3 heterocycles. The highest BCUT2D eigenvalue weighted by molar-refractivity contribution is 7.09. The number of hydrogen-bond donors (Lipinski definition) is 0.